The number of nitrogens with one attached hydrogen (secondary N) is 1. The molecule has 2 aliphatic rings. The van der Waals surface area contributed by atoms with Crippen LogP contribution in [0.15, 0.2) is 17.7 Å². The summed E-state index contributed by atoms with van der Waals surface area (Å²) in [5.41, 5.74) is 1.20. The van der Waals surface area contributed by atoms with Gasteiger partial charge in [0, 0.05) is 23.7 Å². The summed E-state index contributed by atoms with van der Waals surface area (Å²) in [5, 5.41) is 20.2. The van der Waals surface area contributed by atoms with E-state index in [4.69, 9.17) is 33.0 Å². The standard InChI is InChI=1S/C15H14Cl2F3N3O6/c16-8-1-7-2-10(13(15(18,19)20)29-12(7)11(17)3-8)14(25)27-6-28-21-23(26)22-4-9(24)5-22/h1-3,9,13,21,24,26H,4-6H2. The van der Waals surface area contributed by atoms with E-state index in [0.717, 1.165) is 6.08 Å². The Kier molecular flexibility index (Phi) is 6.55. The number of β-amino-alcohol motifs (C(OH)–C–C–N with tert-alkyl or cyclic N) is 1. The summed E-state index contributed by atoms with van der Waals surface area (Å²) in [7, 11) is 0. The largest absolute Gasteiger partial charge is 0.474 e. The highest BCUT2D eigenvalue weighted by Crippen LogP contribution is 2.42. The Hall–Kier alpha value is -1.64. The highest BCUT2D eigenvalue weighted by Gasteiger charge is 2.49. The van der Waals surface area contributed by atoms with Crippen molar-refractivity contribution in [1.29, 1.82) is 0 Å². The highest BCUT2D eigenvalue weighted by molar-refractivity contribution is 6.36. The van der Waals surface area contributed by atoms with Crippen molar-refractivity contribution in [3.63, 3.8) is 0 Å². The minimum absolute atomic E-state index is 0.0758. The number of aliphatic hydroxyl groups is 1. The van der Waals surface area contributed by atoms with Crippen molar-refractivity contribution < 1.29 is 42.6 Å². The number of benzene rings is 1. The first-order chi connectivity index (χ1) is 13.6. The van der Waals surface area contributed by atoms with Gasteiger partial charge in [0.2, 0.25) is 12.9 Å². The number of alkyl halides is 3. The van der Waals surface area contributed by atoms with E-state index in [1.165, 1.54) is 17.1 Å². The summed E-state index contributed by atoms with van der Waals surface area (Å²) in [5.74, 6) is -1.62. The Labute approximate surface area is 171 Å². The maximum Gasteiger partial charge on any atom is 0.430 e. The third kappa shape index (κ3) is 5.10. The number of halogens is 5. The summed E-state index contributed by atoms with van der Waals surface area (Å²) in [6, 6.07) is 2.50. The average Bonchev–Trinajstić information content (AvgIpc) is 2.60. The fourth-order valence-electron chi connectivity index (χ4n) is 2.54. The van der Waals surface area contributed by atoms with Crippen LogP contribution in [-0.4, -0.2) is 64.8 Å². The lowest BCUT2D eigenvalue weighted by Crippen LogP contribution is -2.61. The summed E-state index contributed by atoms with van der Waals surface area (Å²) in [6.07, 6.45) is -7.22. The lowest BCUT2D eigenvalue weighted by Gasteiger charge is -2.39. The van der Waals surface area contributed by atoms with Crippen LogP contribution in [0.4, 0.5) is 13.2 Å². The van der Waals surface area contributed by atoms with Crippen molar-refractivity contribution in [2.75, 3.05) is 19.9 Å². The quantitative estimate of drug-likeness (QED) is 0.254. The molecule has 1 aromatic rings. The molecule has 14 heteroatoms. The van der Waals surface area contributed by atoms with Crippen LogP contribution in [0.2, 0.25) is 10.0 Å². The zero-order chi connectivity index (χ0) is 21.3. The van der Waals surface area contributed by atoms with Gasteiger partial charge in [-0.25, -0.2) is 9.63 Å². The Morgan fingerprint density at radius 3 is 2.69 bits per heavy atom. The van der Waals surface area contributed by atoms with E-state index in [-0.39, 0.29) is 34.4 Å². The number of carbonyl (C=O) groups excluding carboxylic acids is 1. The molecule has 9 nitrogen and oxygen atoms in total. The molecule has 2 heterocycles. The normalized spacial score (nSPS) is 20.0. The number of hydrogen-bond donors (Lipinski definition) is 3. The second-order valence-electron chi connectivity index (χ2n) is 6.05. The van der Waals surface area contributed by atoms with Crippen LogP contribution in [0.1, 0.15) is 5.56 Å². The van der Waals surface area contributed by atoms with E-state index in [1.54, 1.807) is 0 Å². The van der Waals surface area contributed by atoms with Crippen LogP contribution < -0.4 is 10.3 Å². The number of carbonyl (C=O) groups is 1. The molecule has 3 rings (SSSR count). The number of rotatable bonds is 6. The van der Waals surface area contributed by atoms with Crippen LogP contribution >= 0.6 is 23.2 Å². The third-order valence-corrected chi connectivity index (χ3v) is 4.40. The molecule has 0 spiro atoms. The van der Waals surface area contributed by atoms with E-state index in [1.807, 2.05) is 5.59 Å². The lowest BCUT2D eigenvalue weighted by atomic mass is 10.0. The SMILES string of the molecule is O=C(OCONN(O)N1CC(O)C1)C1=Cc2cc(Cl)cc(Cl)c2OC1C(F)(F)F. The van der Waals surface area contributed by atoms with Crippen LogP contribution in [0, 0.1) is 0 Å². The fourth-order valence-corrected chi connectivity index (χ4v) is 3.10. The zero-order valence-electron chi connectivity index (χ0n) is 14.3. The molecule has 1 unspecified atom stereocenters. The third-order valence-electron chi connectivity index (χ3n) is 3.91. The van der Waals surface area contributed by atoms with Crippen molar-refractivity contribution in [3.05, 3.63) is 33.3 Å². The molecule has 29 heavy (non-hydrogen) atoms. The first kappa shape index (κ1) is 22.1. The van der Waals surface area contributed by atoms with E-state index in [2.05, 4.69) is 9.57 Å². The minimum atomic E-state index is -4.93. The molecule has 0 radical (unpaired) electrons. The van der Waals surface area contributed by atoms with E-state index in [9.17, 15) is 23.2 Å². The fraction of sp³-hybridized carbons (Fsp3) is 0.400. The van der Waals surface area contributed by atoms with Gasteiger partial charge in [0.1, 0.15) is 5.75 Å². The topological polar surface area (TPSA) is 104 Å². The van der Waals surface area contributed by atoms with Crippen molar-refractivity contribution in [2.24, 2.45) is 0 Å². The van der Waals surface area contributed by atoms with Gasteiger partial charge in [0.05, 0.1) is 16.7 Å². The van der Waals surface area contributed by atoms with Gasteiger partial charge < -0.3 is 14.6 Å². The summed E-state index contributed by atoms with van der Waals surface area (Å²) in [6.45, 7) is -0.569. The number of aliphatic hydroxyl groups excluding tert-OH is 1. The summed E-state index contributed by atoms with van der Waals surface area (Å²) < 4.78 is 49.6. The molecular formula is C15H14Cl2F3N3O6. The van der Waals surface area contributed by atoms with E-state index >= 15 is 0 Å². The van der Waals surface area contributed by atoms with Gasteiger partial charge in [0.25, 0.3) is 0 Å². The molecule has 0 aliphatic carbocycles. The molecular weight excluding hydrogens is 446 g/mol. The minimum Gasteiger partial charge on any atom is -0.474 e. The van der Waals surface area contributed by atoms with Crippen LogP contribution in [0.3, 0.4) is 0 Å². The predicted octanol–water partition coefficient (Wildman–Crippen LogP) is 1.92. The van der Waals surface area contributed by atoms with E-state index < -0.39 is 36.7 Å². The van der Waals surface area contributed by atoms with Gasteiger partial charge in [-0.3, -0.25) is 5.21 Å². The highest BCUT2D eigenvalue weighted by atomic mass is 35.5. The van der Waals surface area contributed by atoms with Crippen LogP contribution in [0.25, 0.3) is 6.08 Å². The van der Waals surface area contributed by atoms with Gasteiger partial charge in [-0.2, -0.15) is 18.2 Å². The molecule has 2 aliphatic heterocycles. The van der Waals surface area contributed by atoms with E-state index in [0.29, 0.717) is 5.28 Å². The monoisotopic (exact) mass is 459 g/mol. The Morgan fingerprint density at radius 2 is 2.07 bits per heavy atom. The van der Waals surface area contributed by atoms with Crippen molar-refractivity contribution >= 4 is 35.2 Å². The van der Waals surface area contributed by atoms with Gasteiger partial charge in [-0.1, -0.05) is 28.8 Å². The number of hydrazine groups is 2. The number of esters is 1. The molecule has 1 fully saturated rings. The maximum atomic E-state index is 13.4. The Bertz CT molecular complexity index is 819. The average molecular weight is 460 g/mol. The number of hydrogen-bond acceptors (Lipinski definition) is 9. The Morgan fingerprint density at radius 1 is 1.38 bits per heavy atom. The van der Waals surface area contributed by atoms with Gasteiger partial charge >= 0.3 is 12.1 Å². The molecule has 160 valence electrons. The second kappa shape index (κ2) is 8.62. The first-order valence-electron chi connectivity index (χ1n) is 7.96. The molecule has 3 N–H and O–H groups in total. The smallest absolute Gasteiger partial charge is 0.430 e. The molecule has 0 saturated carbocycles. The molecule has 1 saturated heterocycles. The maximum absolute atomic E-state index is 13.4. The van der Waals surface area contributed by atoms with Gasteiger partial charge in [0.15, 0.2) is 0 Å². The number of nitrogens with zero attached hydrogens (tertiary/aromatic N) is 2. The molecule has 0 bridgehead atoms. The number of ether oxygens (including phenoxy) is 2. The Balaban J connectivity index is 1.65. The number of fused-ring (bicyclic) bond motifs is 1. The molecule has 1 atom stereocenters. The molecule has 1 aromatic carbocycles. The van der Waals surface area contributed by atoms with Crippen molar-refractivity contribution in [2.45, 2.75) is 18.4 Å². The first-order valence-corrected chi connectivity index (χ1v) is 8.72. The van der Waals surface area contributed by atoms with Crippen LogP contribution in [0.5, 0.6) is 5.75 Å². The van der Waals surface area contributed by atoms with Crippen molar-refractivity contribution in [1.82, 2.24) is 15.9 Å². The lowest BCUT2D eigenvalue weighted by molar-refractivity contribution is -0.377. The predicted molar refractivity (Wildman–Crippen MR) is 91.3 cm³/mol. The molecule has 0 amide bonds. The van der Waals surface area contributed by atoms with Gasteiger partial charge in [-0.05, 0) is 23.5 Å². The van der Waals surface area contributed by atoms with Crippen molar-refractivity contribution in [3.8, 4) is 5.75 Å². The summed E-state index contributed by atoms with van der Waals surface area (Å²) in [4.78, 5) is 16.8. The summed E-state index contributed by atoms with van der Waals surface area (Å²) >= 11 is 11.7. The van der Waals surface area contributed by atoms with Crippen LogP contribution in [-0.2, 0) is 14.4 Å². The molecule has 0 aromatic heterocycles. The second-order valence-corrected chi connectivity index (χ2v) is 6.89. The zero-order valence-corrected chi connectivity index (χ0v) is 15.8. The van der Waals surface area contributed by atoms with Gasteiger partial charge in [-0.15, -0.1) is 0 Å².